The van der Waals surface area contributed by atoms with Gasteiger partial charge in [0.05, 0.1) is 0 Å². The van der Waals surface area contributed by atoms with Gasteiger partial charge in [-0.2, -0.15) is 0 Å². The molecule has 0 amide bonds. The van der Waals surface area contributed by atoms with Gasteiger partial charge in [-0.05, 0) is 53.9 Å². The molecule has 2 aromatic rings. The van der Waals surface area contributed by atoms with Gasteiger partial charge in [0, 0.05) is 23.2 Å². The van der Waals surface area contributed by atoms with Gasteiger partial charge in [-0.3, -0.25) is 0 Å². The second-order valence-electron chi connectivity index (χ2n) is 7.00. The monoisotopic (exact) mass is 355 g/mol. The zero-order chi connectivity index (χ0) is 15.1. The Labute approximate surface area is 141 Å². The molecular weight excluding hydrogens is 334 g/mol. The molecule has 4 rings (SSSR count). The number of halogens is 1. The third-order valence-electron chi connectivity index (χ3n) is 5.07. The summed E-state index contributed by atoms with van der Waals surface area (Å²) in [7, 11) is 0. The standard InChI is InChI=1S/C20H22BrN/c1-14-9-17-6-4-7-18-11-15(13-22(12-14)20(17)18)10-16-5-2-3-8-19(16)21/h2-8,14-15H,9-13H2,1H3. The van der Waals surface area contributed by atoms with Gasteiger partial charge in [0.1, 0.15) is 0 Å². The van der Waals surface area contributed by atoms with Gasteiger partial charge >= 0.3 is 0 Å². The highest BCUT2D eigenvalue weighted by Crippen LogP contribution is 2.39. The molecule has 0 radical (unpaired) electrons. The third-order valence-corrected chi connectivity index (χ3v) is 5.85. The summed E-state index contributed by atoms with van der Waals surface area (Å²) in [6, 6.07) is 15.6. The first kappa shape index (κ1) is 14.3. The fourth-order valence-corrected chi connectivity index (χ4v) is 4.70. The first-order chi connectivity index (χ1) is 10.7. The van der Waals surface area contributed by atoms with E-state index < -0.39 is 0 Å². The zero-order valence-electron chi connectivity index (χ0n) is 13.1. The zero-order valence-corrected chi connectivity index (χ0v) is 14.6. The highest BCUT2D eigenvalue weighted by Gasteiger charge is 2.30. The summed E-state index contributed by atoms with van der Waals surface area (Å²) in [6.07, 6.45) is 3.62. The molecule has 1 nitrogen and oxygen atoms in total. The van der Waals surface area contributed by atoms with Crippen LogP contribution in [-0.4, -0.2) is 13.1 Å². The van der Waals surface area contributed by atoms with Crippen molar-refractivity contribution in [2.75, 3.05) is 18.0 Å². The van der Waals surface area contributed by atoms with E-state index in [2.05, 4.69) is 70.2 Å². The molecule has 2 atom stereocenters. The van der Waals surface area contributed by atoms with Crippen LogP contribution in [0.2, 0.25) is 0 Å². The Morgan fingerprint density at radius 3 is 2.59 bits per heavy atom. The van der Waals surface area contributed by atoms with E-state index in [-0.39, 0.29) is 0 Å². The minimum absolute atomic E-state index is 0.715. The molecule has 22 heavy (non-hydrogen) atoms. The number of nitrogens with zero attached hydrogens (tertiary/aromatic N) is 1. The molecule has 2 aliphatic heterocycles. The minimum atomic E-state index is 0.715. The summed E-state index contributed by atoms with van der Waals surface area (Å²) in [4.78, 5) is 2.66. The van der Waals surface area contributed by atoms with Crippen LogP contribution in [0.4, 0.5) is 5.69 Å². The van der Waals surface area contributed by atoms with Gasteiger partial charge in [0.15, 0.2) is 0 Å². The highest BCUT2D eigenvalue weighted by atomic mass is 79.9. The quantitative estimate of drug-likeness (QED) is 0.743. The van der Waals surface area contributed by atoms with E-state index in [1.807, 2.05) is 0 Å². The van der Waals surface area contributed by atoms with Crippen LogP contribution >= 0.6 is 15.9 Å². The van der Waals surface area contributed by atoms with Crippen LogP contribution in [0, 0.1) is 11.8 Å². The fraction of sp³-hybridized carbons (Fsp3) is 0.400. The van der Waals surface area contributed by atoms with E-state index >= 15 is 0 Å². The average Bonchev–Trinajstić information content (AvgIpc) is 2.49. The molecule has 2 unspecified atom stereocenters. The predicted octanol–water partition coefficient (Wildman–Crippen LogP) is 4.86. The lowest BCUT2D eigenvalue weighted by atomic mass is 9.82. The first-order valence-corrected chi connectivity index (χ1v) is 9.09. The normalized spacial score (nSPS) is 23.3. The molecule has 0 saturated carbocycles. The topological polar surface area (TPSA) is 3.24 Å². The minimum Gasteiger partial charge on any atom is -0.371 e. The fourth-order valence-electron chi connectivity index (χ4n) is 4.25. The Balaban J connectivity index is 1.63. The van der Waals surface area contributed by atoms with E-state index in [0.29, 0.717) is 5.92 Å². The largest absolute Gasteiger partial charge is 0.371 e. The molecule has 0 bridgehead atoms. The molecule has 2 heterocycles. The summed E-state index contributed by atoms with van der Waals surface area (Å²) < 4.78 is 1.25. The third kappa shape index (κ3) is 2.58. The van der Waals surface area contributed by atoms with Crippen LogP contribution < -0.4 is 4.90 Å². The number of para-hydroxylation sites is 1. The molecule has 0 fully saturated rings. The van der Waals surface area contributed by atoms with E-state index in [0.717, 1.165) is 12.3 Å². The van der Waals surface area contributed by atoms with Crippen LogP contribution in [0.5, 0.6) is 0 Å². The molecule has 0 aromatic heterocycles. The van der Waals surface area contributed by atoms with Crippen molar-refractivity contribution in [2.45, 2.75) is 26.2 Å². The number of anilines is 1. The Hall–Kier alpha value is -1.28. The van der Waals surface area contributed by atoms with E-state index in [1.54, 1.807) is 16.8 Å². The summed E-state index contributed by atoms with van der Waals surface area (Å²) in [5.41, 5.74) is 6.13. The second-order valence-corrected chi connectivity index (χ2v) is 7.86. The molecule has 0 N–H and O–H groups in total. The molecule has 0 aliphatic carbocycles. The van der Waals surface area contributed by atoms with E-state index in [4.69, 9.17) is 0 Å². The molecule has 114 valence electrons. The lowest BCUT2D eigenvalue weighted by Gasteiger charge is -2.42. The number of rotatable bonds is 2. The Kier molecular flexibility index (Phi) is 3.73. The van der Waals surface area contributed by atoms with Crippen molar-refractivity contribution in [3.8, 4) is 0 Å². The van der Waals surface area contributed by atoms with Crippen molar-refractivity contribution in [3.05, 3.63) is 63.6 Å². The SMILES string of the molecule is CC1Cc2cccc3c2N(C1)CC(Cc1ccccc1Br)C3. The lowest BCUT2D eigenvalue weighted by Crippen LogP contribution is -2.42. The smallest absolute Gasteiger partial charge is 0.0431 e. The molecular formula is C20H22BrN. The van der Waals surface area contributed by atoms with Gasteiger partial charge in [-0.1, -0.05) is 59.3 Å². The maximum Gasteiger partial charge on any atom is 0.0431 e. The van der Waals surface area contributed by atoms with Gasteiger partial charge in [-0.15, -0.1) is 0 Å². The van der Waals surface area contributed by atoms with Crippen molar-refractivity contribution in [2.24, 2.45) is 11.8 Å². The predicted molar refractivity (Wildman–Crippen MR) is 96.6 cm³/mol. The van der Waals surface area contributed by atoms with Gasteiger partial charge in [0.2, 0.25) is 0 Å². The molecule has 0 saturated heterocycles. The van der Waals surface area contributed by atoms with Crippen molar-refractivity contribution < 1.29 is 0 Å². The number of hydrogen-bond donors (Lipinski definition) is 0. The van der Waals surface area contributed by atoms with Crippen LogP contribution in [0.15, 0.2) is 46.9 Å². The Morgan fingerprint density at radius 2 is 1.77 bits per heavy atom. The van der Waals surface area contributed by atoms with Crippen LogP contribution in [0.25, 0.3) is 0 Å². The molecule has 0 spiro atoms. The van der Waals surface area contributed by atoms with Crippen LogP contribution in [0.3, 0.4) is 0 Å². The Bertz CT molecular complexity index is 694. The average molecular weight is 356 g/mol. The van der Waals surface area contributed by atoms with Crippen molar-refractivity contribution in [3.63, 3.8) is 0 Å². The van der Waals surface area contributed by atoms with Crippen LogP contribution in [-0.2, 0) is 19.3 Å². The lowest BCUT2D eigenvalue weighted by molar-refractivity contribution is 0.439. The maximum atomic E-state index is 3.71. The van der Waals surface area contributed by atoms with Gasteiger partial charge < -0.3 is 4.90 Å². The molecule has 2 aliphatic rings. The van der Waals surface area contributed by atoms with Crippen LogP contribution in [0.1, 0.15) is 23.6 Å². The Morgan fingerprint density at radius 1 is 1.00 bits per heavy atom. The first-order valence-electron chi connectivity index (χ1n) is 8.30. The van der Waals surface area contributed by atoms with Gasteiger partial charge in [0.25, 0.3) is 0 Å². The van der Waals surface area contributed by atoms with Crippen molar-refractivity contribution in [1.82, 2.24) is 0 Å². The second kappa shape index (κ2) is 5.73. The van der Waals surface area contributed by atoms with Crippen molar-refractivity contribution in [1.29, 1.82) is 0 Å². The summed E-state index contributed by atoms with van der Waals surface area (Å²) in [5, 5.41) is 0. The summed E-state index contributed by atoms with van der Waals surface area (Å²) in [5.74, 6) is 1.48. The molecule has 2 heteroatoms. The van der Waals surface area contributed by atoms with E-state index in [9.17, 15) is 0 Å². The van der Waals surface area contributed by atoms with Gasteiger partial charge in [-0.25, -0.2) is 0 Å². The summed E-state index contributed by atoms with van der Waals surface area (Å²) >= 11 is 3.71. The summed E-state index contributed by atoms with van der Waals surface area (Å²) in [6.45, 7) is 4.80. The van der Waals surface area contributed by atoms with Crippen molar-refractivity contribution >= 4 is 21.6 Å². The number of hydrogen-bond acceptors (Lipinski definition) is 1. The van der Waals surface area contributed by atoms with E-state index in [1.165, 1.54) is 36.0 Å². The maximum absolute atomic E-state index is 3.71. The highest BCUT2D eigenvalue weighted by molar-refractivity contribution is 9.10. The number of benzene rings is 2. The molecule has 2 aromatic carbocycles.